The van der Waals surface area contributed by atoms with Crippen molar-refractivity contribution in [1.29, 1.82) is 0 Å². The van der Waals surface area contributed by atoms with Crippen molar-refractivity contribution >= 4 is 0 Å². The Morgan fingerprint density at radius 3 is 3.00 bits per heavy atom. The second-order valence-corrected chi connectivity index (χ2v) is 3.45. The lowest BCUT2D eigenvalue weighted by atomic mass is 10.2. The van der Waals surface area contributed by atoms with Crippen LogP contribution >= 0.6 is 0 Å². The van der Waals surface area contributed by atoms with Crippen LogP contribution in [0, 0.1) is 6.92 Å². The summed E-state index contributed by atoms with van der Waals surface area (Å²) in [6, 6.07) is 3.96. The van der Waals surface area contributed by atoms with Gasteiger partial charge in [0.05, 0.1) is 12.7 Å². The molecule has 2 heterocycles. The molecule has 2 rings (SSSR count). The van der Waals surface area contributed by atoms with E-state index in [0.29, 0.717) is 6.54 Å². The quantitative estimate of drug-likeness (QED) is 0.821. The van der Waals surface area contributed by atoms with E-state index in [0.717, 1.165) is 12.3 Å². The van der Waals surface area contributed by atoms with E-state index in [9.17, 15) is 0 Å². The zero-order valence-corrected chi connectivity index (χ0v) is 8.60. The molecule has 0 fully saturated rings. The van der Waals surface area contributed by atoms with Gasteiger partial charge in [-0.25, -0.2) is 0 Å². The first-order valence-electron chi connectivity index (χ1n) is 4.85. The first kappa shape index (κ1) is 9.86. The summed E-state index contributed by atoms with van der Waals surface area (Å²) < 4.78 is 4.97. The van der Waals surface area contributed by atoms with Crippen LogP contribution in [0.15, 0.2) is 35.2 Å². The first-order valence-corrected chi connectivity index (χ1v) is 4.85. The molecule has 0 atom stereocenters. The van der Waals surface area contributed by atoms with Gasteiger partial charge in [0.15, 0.2) is 0 Å². The lowest BCUT2D eigenvalue weighted by Gasteiger charge is -2.02. The highest BCUT2D eigenvalue weighted by Gasteiger charge is 1.97. The predicted octanol–water partition coefficient (Wildman–Crippen LogP) is 1.67. The largest absolute Gasteiger partial charge is 0.360 e. The third-order valence-corrected chi connectivity index (χ3v) is 2.05. The van der Waals surface area contributed by atoms with Gasteiger partial charge in [-0.1, -0.05) is 11.2 Å². The number of nitrogens with one attached hydrogen (secondary N) is 1. The number of nitrogens with zero attached hydrogens (tertiary/aromatic N) is 2. The molecule has 0 saturated carbocycles. The fourth-order valence-corrected chi connectivity index (χ4v) is 1.38. The minimum Gasteiger partial charge on any atom is -0.360 e. The maximum absolute atomic E-state index is 4.97. The number of aromatic nitrogens is 2. The van der Waals surface area contributed by atoms with Crippen molar-refractivity contribution in [2.75, 3.05) is 0 Å². The van der Waals surface area contributed by atoms with Crippen LogP contribution in [0.3, 0.4) is 0 Å². The third-order valence-electron chi connectivity index (χ3n) is 2.05. The second kappa shape index (κ2) is 4.70. The van der Waals surface area contributed by atoms with E-state index >= 15 is 0 Å². The molecule has 0 bridgehead atoms. The van der Waals surface area contributed by atoms with Gasteiger partial charge in [-0.3, -0.25) is 4.98 Å². The highest BCUT2D eigenvalue weighted by atomic mass is 16.5. The summed E-state index contributed by atoms with van der Waals surface area (Å²) in [5.74, 6) is 0.843. The summed E-state index contributed by atoms with van der Waals surface area (Å²) in [6.45, 7) is 3.51. The Labute approximate surface area is 88.3 Å². The lowest BCUT2D eigenvalue weighted by molar-refractivity contribution is 0.372. The highest BCUT2D eigenvalue weighted by molar-refractivity contribution is 5.16. The molecule has 15 heavy (non-hydrogen) atoms. The average Bonchev–Trinajstić information content (AvgIpc) is 2.71. The Balaban J connectivity index is 1.83. The SMILES string of the molecule is Cc1cncc(CNCc2ccno2)c1. The Hall–Kier alpha value is -1.68. The second-order valence-electron chi connectivity index (χ2n) is 3.45. The molecule has 4 heteroatoms. The van der Waals surface area contributed by atoms with E-state index in [4.69, 9.17) is 4.52 Å². The van der Waals surface area contributed by atoms with Gasteiger partial charge >= 0.3 is 0 Å². The van der Waals surface area contributed by atoms with E-state index < -0.39 is 0 Å². The smallest absolute Gasteiger partial charge is 0.150 e. The maximum atomic E-state index is 4.97. The summed E-state index contributed by atoms with van der Waals surface area (Å²) in [4.78, 5) is 4.12. The van der Waals surface area contributed by atoms with Crippen LogP contribution in [0.2, 0.25) is 0 Å². The van der Waals surface area contributed by atoms with Crippen LogP contribution in [-0.2, 0) is 13.1 Å². The first-order chi connectivity index (χ1) is 7.34. The van der Waals surface area contributed by atoms with Crippen LogP contribution in [0.5, 0.6) is 0 Å². The molecular weight excluding hydrogens is 190 g/mol. The van der Waals surface area contributed by atoms with Crippen molar-refractivity contribution in [2.45, 2.75) is 20.0 Å². The molecule has 0 unspecified atom stereocenters. The van der Waals surface area contributed by atoms with Crippen molar-refractivity contribution in [3.8, 4) is 0 Å². The number of hydrogen-bond acceptors (Lipinski definition) is 4. The molecule has 4 nitrogen and oxygen atoms in total. The molecular formula is C11H13N3O. The molecule has 0 spiro atoms. The van der Waals surface area contributed by atoms with Crippen molar-refractivity contribution in [1.82, 2.24) is 15.5 Å². The fourth-order valence-electron chi connectivity index (χ4n) is 1.38. The molecule has 2 aromatic rings. The summed E-state index contributed by atoms with van der Waals surface area (Å²) in [5.41, 5.74) is 2.35. The van der Waals surface area contributed by atoms with E-state index in [2.05, 4.69) is 21.5 Å². The number of hydrogen-bond donors (Lipinski definition) is 1. The Morgan fingerprint density at radius 1 is 1.33 bits per heavy atom. The minimum absolute atomic E-state index is 0.688. The van der Waals surface area contributed by atoms with Gasteiger partial charge in [-0.05, 0) is 18.1 Å². The Morgan fingerprint density at radius 2 is 2.27 bits per heavy atom. The molecule has 0 amide bonds. The van der Waals surface area contributed by atoms with Crippen LogP contribution in [-0.4, -0.2) is 10.1 Å². The molecule has 0 aromatic carbocycles. The van der Waals surface area contributed by atoms with Crippen molar-refractivity contribution in [3.05, 3.63) is 47.6 Å². The van der Waals surface area contributed by atoms with Crippen LogP contribution in [0.25, 0.3) is 0 Å². The van der Waals surface area contributed by atoms with Crippen LogP contribution in [0.4, 0.5) is 0 Å². The molecule has 78 valence electrons. The van der Waals surface area contributed by atoms with E-state index in [1.54, 1.807) is 6.20 Å². The summed E-state index contributed by atoms with van der Waals surface area (Å²) in [6.07, 6.45) is 5.35. The minimum atomic E-state index is 0.688. The maximum Gasteiger partial charge on any atom is 0.150 e. The standard InChI is InChI=1S/C11H13N3O/c1-9-4-10(6-12-5-9)7-13-8-11-2-3-14-15-11/h2-6,13H,7-8H2,1H3. The van der Waals surface area contributed by atoms with Crippen LogP contribution < -0.4 is 5.32 Å². The highest BCUT2D eigenvalue weighted by Crippen LogP contribution is 2.01. The van der Waals surface area contributed by atoms with Gasteiger partial charge in [0, 0.05) is 25.0 Å². The van der Waals surface area contributed by atoms with Gasteiger partial charge in [-0.2, -0.15) is 0 Å². The van der Waals surface area contributed by atoms with Crippen molar-refractivity contribution < 1.29 is 4.52 Å². The average molecular weight is 203 g/mol. The van der Waals surface area contributed by atoms with Gasteiger partial charge < -0.3 is 9.84 Å². The van der Waals surface area contributed by atoms with Gasteiger partial charge in [0.25, 0.3) is 0 Å². The zero-order chi connectivity index (χ0) is 10.5. The Kier molecular flexibility index (Phi) is 3.09. The molecule has 0 aliphatic rings. The van der Waals surface area contributed by atoms with Crippen molar-refractivity contribution in [3.63, 3.8) is 0 Å². The summed E-state index contributed by atoms with van der Waals surface area (Å²) >= 11 is 0. The predicted molar refractivity (Wildman–Crippen MR) is 56.0 cm³/mol. The molecule has 0 radical (unpaired) electrons. The van der Waals surface area contributed by atoms with Crippen molar-refractivity contribution in [2.24, 2.45) is 0 Å². The number of aryl methyl sites for hydroxylation is 1. The topological polar surface area (TPSA) is 51.0 Å². The zero-order valence-electron chi connectivity index (χ0n) is 8.60. The monoisotopic (exact) mass is 203 g/mol. The van der Waals surface area contributed by atoms with Gasteiger partial charge in [0.1, 0.15) is 5.76 Å². The molecule has 1 N–H and O–H groups in total. The Bertz CT molecular complexity index is 412. The third kappa shape index (κ3) is 2.89. The molecule has 0 saturated heterocycles. The summed E-state index contributed by atoms with van der Waals surface area (Å²) in [7, 11) is 0. The molecule has 0 aliphatic heterocycles. The molecule has 2 aromatic heterocycles. The van der Waals surface area contributed by atoms with Gasteiger partial charge in [-0.15, -0.1) is 0 Å². The van der Waals surface area contributed by atoms with E-state index in [-0.39, 0.29) is 0 Å². The van der Waals surface area contributed by atoms with E-state index in [1.807, 2.05) is 25.4 Å². The fraction of sp³-hybridized carbons (Fsp3) is 0.273. The molecule has 0 aliphatic carbocycles. The normalized spacial score (nSPS) is 10.5. The van der Waals surface area contributed by atoms with E-state index in [1.165, 1.54) is 11.1 Å². The lowest BCUT2D eigenvalue weighted by Crippen LogP contribution is -2.12. The number of pyridine rings is 1. The summed E-state index contributed by atoms with van der Waals surface area (Å²) in [5, 5.41) is 6.89. The number of rotatable bonds is 4. The van der Waals surface area contributed by atoms with Gasteiger partial charge in [0.2, 0.25) is 0 Å². The van der Waals surface area contributed by atoms with Crippen LogP contribution in [0.1, 0.15) is 16.9 Å².